The van der Waals surface area contributed by atoms with Gasteiger partial charge in [0, 0.05) is 13.6 Å². The van der Waals surface area contributed by atoms with Crippen LogP contribution in [0.4, 0.5) is 32.4 Å². The van der Waals surface area contributed by atoms with E-state index in [-0.39, 0.29) is 12.3 Å². The van der Waals surface area contributed by atoms with Crippen molar-refractivity contribution in [1.29, 1.82) is 0 Å². The number of benzene rings is 2. The van der Waals surface area contributed by atoms with Crippen LogP contribution >= 0.6 is 0 Å². The molecule has 0 aliphatic rings. The Balaban J connectivity index is 2.11. The molecular formula is C17H15F5N2O2. The molecule has 0 saturated carbocycles. The van der Waals surface area contributed by atoms with Gasteiger partial charge in [-0.25, -0.2) is 13.6 Å². The summed E-state index contributed by atoms with van der Waals surface area (Å²) in [6.45, 7) is -0.0483. The first-order valence-electron chi connectivity index (χ1n) is 7.33. The highest BCUT2D eigenvalue weighted by atomic mass is 19.4. The maximum absolute atomic E-state index is 13.7. The van der Waals surface area contributed by atoms with E-state index in [4.69, 9.17) is 4.74 Å². The van der Waals surface area contributed by atoms with E-state index >= 15 is 0 Å². The van der Waals surface area contributed by atoms with Crippen LogP contribution in [0.15, 0.2) is 36.4 Å². The molecule has 26 heavy (non-hydrogen) atoms. The summed E-state index contributed by atoms with van der Waals surface area (Å²) in [5.41, 5.74) is -1.27. The van der Waals surface area contributed by atoms with Crippen LogP contribution in [0.25, 0.3) is 0 Å². The number of carbonyl (C=O) groups is 1. The van der Waals surface area contributed by atoms with Gasteiger partial charge in [0.15, 0.2) is 11.6 Å². The SMILES string of the molecule is COc1ccc(CN(C)C(=O)Nc2cc(C(F)(F)F)ccc2F)cc1F. The van der Waals surface area contributed by atoms with Crippen molar-refractivity contribution >= 4 is 11.7 Å². The first kappa shape index (κ1) is 19.5. The molecular weight excluding hydrogens is 359 g/mol. The zero-order chi connectivity index (χ0) is 19.5. The topological polar surface area (TPSA) is 41.6 Å². The molecule has 2 amide bonds. The van der Waals surface area contributed by atoms with Crippen LogP contribution in [-0.4, -0.2) is 25.1 Å². The third-order valence-electron chi connectivity index (χ3n) is 3.52. The molecule has 0 fully saturated rings. The number of halogens is 5. The number of methoxy groups -OCH3 is 1. The predicted molar refractivity (Wildman–Crippen MR) is 84.8 cm³/mol. The number of urea groups is 1. The smallest absolute Gasteiger partial charge is 0.416 e. The summed E-state index contributed by atoms with van der Waals surface area (Å²) in [7, 11) is 2.64. The minimum atomic E-state index is -4.67. The number of nitrogens with zero attached hydrogens (tertiary/aromatic N) is 1. The van der Waals surface area contributed by atoms with Crippen molar-refractivity contribution in [3.8, 4) is 5.75 Å². The summed E-state index contributed by atoms with van der Waals surface area (Å²) >= 11 is 0. The van der Waals surface area contributed by atoms with E-state index in [1.807, 2.05) is 0 Å². The van der Waals surface area contributed by atoms with Gasteiger partial charge in [-0.2, -0.15) is 13.2 Å². The van der Waals surface area contributed by atoms with Crippen LogP contribution < -0.4 is 10.1 Å². The summed E-state index contributed by atoms with van der Waals surface area (Å²) < 4.78 is 70.2. The standard InChI is InChI=1S/C17H15F5N2O2/c1-24(9-10-3-6-15(26-2)13(19)7-10)16(25)23-14-8-11(17(20,21)22)4-5-12(14)18/h3-8H,9H2,1-2H3,(H,23,25). The van der Waals surface area contributed by atoms with E-state index in [0.29, 0.717) is 23.8 Å². The number of anilines is 1. The van der Waals surface area contributed by atoms with E-state index in [1.165, 1.54) is 26.3 Å². The lowest BCUT2D eigenvalue weighted by Gasteiger charge is -2.19. The summed E-state index contributed by atoms with van der Waals surface area (Å²) in [6.07, 6.45) is -4.67. The lowest BCUT2D eigenvalue weighted by molar-refractivity contribution is -0.137. The molecule has 0 saturated heterocycles. The molecule has 0 aromatic heterocycles. The van der Waals surface area contributed by atoms with Crippen LogP contribution in [-0.2, 0) is 12.7 Å². The van der Waals surface area contributed by atoms with E-state index in [1.54, 1.807) is 0 Å². The third-order valence-corrected chi connectivity index (χ3v) is 3.52. The third kappa shape index (κ3) is 4.62. The highest BCUT2D eigenvalue weighted by Crippen LogP contribution is 2.31. The van der Waals surface area contributed by atoms with Gasteiger partial charge in [-0.1, -0.05) is 6.07 Å². The normalized spacial score (nSPS) is 11.2. The molecule has 4 nitrogen and oxygen atoms in total. The van der Waals surface area contributed by atoms with E-state index in [2.05, 4.69) is 5.32 Å². The number of rotatable bonds is 4. The molecule has 2 aromatic rings. The van der Waals surface area contributed by atoms with Crippen molar-refractivity contribution in [2.45, 2.75) is 12.7 Å². The van der Waals surface area contributed by atoms with Gasteiger partial charge in [0.1, 0.15) is 5.82 Å². The van der Waals surface area contributed by atoms with Crippen molar-refractivity contribution in [2.75, 3.05) is 19.5 Å². The van der Waals surface area contributed by atoms with Gasteiger partial charge in [-0.3, -0.25) is 0 Å². The van der Waals surface area contributed by atoms with Crippen LogP contribution in [0.1, 0.15) is 11.1 Å². The fourth-order valence-electron chi connectivity index (χ4n) is 2.16. The average molecular weight is 374 g/mol. The Bertz CT molecular complexity index is 808. The van der Waals surface area contributed by atoms with Crippen molar-refractivity contribution < 1.29 is 31.5 Å². The molecule has 0 unspecified atom stereocenters. The Kier molecular flexibility index (Phi) is 5.69. The molecule has 140 valence electrons. The Morgan fingerprint density at radius 3 is 2.38 bits per heavy atom. The van der Waals surface area contributed by atoms with Gasteiger partial charge in [-0.15, -0.1) is 0 Å². The maximum atomic E-state index is 13.7. The monoisotopic (exact) mass is 374 g/mol. The minimum absolute atomic E-state index is 0.0342. The number of alkyl halides is 3. The maximum Gasteiger partial charge on any atom is 0.416 e. The fraction of sp³-hybridized carbons (Fsp3) is 0.235. The second kappa shape index (κ2) is 7.59. The Morgan fingerprint density at radius 1 is 1.12 bits per heavy atom. The molecule has 0 radical (unpaired) electrons. The zero-order valence-electron chi connectivity index (χ0n) is 13.8. The largest absolute Gasteiger partial charge is 0.494 e. The molecule has 0 spiro atoms. The molecule has 0 bridgehead atoms. The molecule has 9 heteroatoms. The lowest BCUT2D eigenvalue weighted by Crippen LogP contribution is -2.31. The van der Waals surface area contributed by atoms with Crippen molar-refractivity contribution in [2.24, 2.45) is 0 Å². The lowest BCUT2D eigenvalue weighted by atomic mass is 10.2. The first-order valence-corrected chi connectivity index (χ1v) is 7.33. The molecule has 2 rings (SSSR count). The van der Waals surface area contributed by atoms with Crippen molar-refractivity contribution in [1.82, 2.24) is 4.90 Å². The van der Waals surface area contributed by atoms with Gasteiger partial charge in [-0.05, 0) is 35.9 Å². The van der Waals surface area contributed by atoms with Gasteiger partial charge >= 0.3 is 12.2 Å². The number of carbonyl (C=O) groups excluding carboxylic acids is 1. The summed E-state index contributed by atoms with van der Waals surface area (Å²) in [4.78, 5) is 13.2. The summed E-state index contributed by atoms with van der Waals surface area (Å²) in [6, 6.07) is 4.92. The zero-order valence-corrected chi connectivity index (χ0v) is 13.8. The number of ether oxygens (including phenoxy) is 1. The number of nitrogens with one attached hydrogen (secondary N) is 1. The van der Waals surface area contributed by atoms with Gasteiger partial charge < -0.3 is 15.0 Å². The highest BCUT2D eigenvalue weighted by Gasteiger charge is 2.31. The number of amides is 2. The van der Waals surface area contributed by atoms with E-state index in [0.717, 1.165) is 11.0 Å². The van der Waals surface area contributed by atoms with Gasteiger partial charge in [0.05, 0.1) is 18.4 Å². The Labute approximate surface area is 146 Å². The van der Waals surface area contributed by atoms with Crippen LogP contribution in [0.2, 0.25) is 0 Å². The van der Waals surface area contributed by atoms with Crippen LogP contribution in [0, 0.1) is 11.6 Å². The second-order valence-electron chi connectivity index (χ2n) is 5.45. The number of hydrogen-bond acceptors (Lipinski definition) is 2. The highest BCUT2D eigenvalue weighted by molar-refractivity contribution is 5.89. The minimum Gasteiger partial charge on any atom is -0.494 e. The Morgan fingerprint density at radius 2 is 1.81 bits per heavy atom. The predicted octanol–water partition coefficient (Wildman–Crippen LogP) is 4.66. The van der Waals surface area contributed by atoms with Gasteiger partial charge in [0.25, 0.3) is 0 Å². The quantitative estimate of drug-likeness (QED) is 0.791. The van der Waals surface area contributed by atoms with Crippen LogP contribution in [0.5, 0.6) is 5.75 Å². The average Bonchev–Trinajstić information content (AvgIpc) is 2.55. The molecule has 0 aliphatic carbocycles. The van der Waals surface area contributed by atoms with Crippen molar-refractivity contribution in [3.63, 3.8) is 0 Å². The van der Waals surface area contributed by atoms with E-state index in [9.17, 15) is 26.7 Å². The van der Waals surface area contributed by atoms with Gasteiger partial charge in [0.2, 0.25) is 0 Å². The number of hydrogen-bond donors (Lipinski definition) is 1. The van der Waals surface area contributed by atoms with Crippen LogP contribution in [0.3, 0.4) is 0 Å². The molecule has 1 N–H and O–H groups in total. The van der Waals surface area contributed by atoms with Crippen molar-refractivity contribution in [3.05, 3.63) is 59.2 Å². The second-order valence-corrected chi connectivity index (χ2v) is 5.45. The Hall–Kier alpha value is -2.84. The van der Waals surface area contributed by atoms with E-state index < -0.39 is 35.1 Å². The molecule has 0 aliphatic heterocycles. The molecule has 0 atom stereocenters. The molecule has 2 aromatic carbocycles. The first-order chi connectivity index (χ1) is 12.1. The summed E-state index contributed by atoms with van der Waals surface area (Å²) in [5.74, 6) is -1.59. The summed E-state index contributed by atoms with van der Waals surface area (Å²) in [5, 5.41) is 2.07. The molecule has 0 heterocycles. The fourth-order valence-corrected chi connectivity index (χ4v) is 2.16.